The molecular formula is C33H35FN4O4. The lowest BCUT2D eigenvalue weighted by molar-refractivity contribution is -0.137. The van der Waals surface area contributed by atoms with Crippen LogP contribution in [0.2, 0.25) is 0 Å². The molecule has 42 heavy (non-hydrogen) atoms. The fourth-order valence-electron chi connectivity index (χ4n) is 5.50. The third-order valence-corrected chi connectivity index (χ3v) is 7.52. The molecule has 0 fully saturated rings. The Bertz CT molecular complexity index is 1510. The zero-order valence-corrected chi connectivity index (χ0v) is 24.0. The largest absolute Gasteiger partial charge is 0.457 e. The first-order valence-corrected chi connectivity index (χ1v) is 14.2. The van der Waals surface area contributed by atoms with Crippen molar-refractivity contribution >= 4 is 17.8 Å². The molecule has 9 heteroatoms. The molecule has 0 saturated carbocycles. The third-order valence-electron chi connectivity index (χ3n) is 7.52. The van der Waals surface area contributed by atoms with Crippen molar-refractivity contribution < 1.29 is 23.5 Å². The monoisotopic (exact) mass is 570 g/mol. The maximum atomic E-state index is 14.2. The molecule has 4 amide bonds. The minimum absolute atomic E-state index is 0.00718. The summed E-state index contributed by atoms with van der Waals surface area (Å²) in [7, 11) is 0. The van der Waals surface area contributed by atoms with E-state index >= 15 is 0 Å². The molecule has 2 N–H and O–H groups in total. The molecule has 5 rings (SSSR count). The number of likely N-dealkylation sites (N-methyl/N-ethyl adjacent to an activating group) is 1. The number of carbonyl (C=O) groups is 3. The van der Waals surface area contributed by atoms with E-state index in [1.807, 2.05) is 75.4 Å². The van der Waals surface area contributed by atoms with Gasteiger partial charge in [0.1, 0.15) is 23.4 Å². The summed E-state index contributed by atoms with van der Waals surface area (Å²) in [5.74, 6) is 0.258. The molecule has 2 unspecified atom stereocenters. The number of urea groups is 1. The van der Waals surface area contributed by atoms with Crippen LogP contribution in [0.1, 0.15) is 44.4 Å². The van der Waals surface area contributed by atoms with Crippen LogP contribution in [-0.4, -0.2) is 46.8 Å². The lowest BCUT2D eigenvalue weighted by Crippen LogP contribution is -2.49. The number of rotatable bonds is 10. The van der Waals surface area contributed by atoms with Crippen molar-refractivity contribution in [1.82, 2.24) is 20.4 Å². The van der Waals surface area contributed by atoms with E-state index < -0.39 is 17.9 Å². The number of halogens is 1. The maximum Gasteiger partial charge on any atom is 0.322 e. The number of benzene rings is 3. The zero-order valence-electron chi connectivity index (χ0n) is 24.0. The molecule has 0 spiro atoms. The summed E-state index contributed by atoms with van der Waals surface area (Å²) in [6, 6.07) is 21.1. The quantitative estimate of drug-likeness (QED) is 0.335. The van der Waals surface area contributed by atoms with Gasteiger partial charge in [0, 0.05) is 18.7 Å². The summed E-state index contributed by atoms with van der Waals surface area (Å²) >= 11 is 0. The third kappa shape index (κ3) is 6.00. The van der Waals surface area contributed by atoms with Gasteiger partial charge >= 0.3 is 6.03 Å². The molecular weight excluding hydrogens is 535 g/mol. The van der Waals surface area contributed by atoms with Crippen LogP contribution in [0.25, 0.3) is 0 Å². The Kier molecular flexibility index (Phi) is 8.56. The number of hydrogen-bond acceptors (Lipinski definition) is 4. The van der Waals surface area contributed by atoms with Gasteiger partial charge in [0.05, 0.1) is 23.9 Å². The average Bonchev–Trinajstić information content (AvgIpc) is 3.31. The molecule has 0 saturated heterocycles. The van der Waals surface area contributed by atoms with Crippen LogP contribution in [0.3, 0.4) is 0 Å². The first-order valence-electron chi connectivity index (χ1n) is 14.2. The Morgan fingerprint density at radius 2 is 1.74 bits per heavy atom. The van der Waals surface area contributed by atoms with Gasteiger partial charge in [-0.25, -0.2) is 9.18 Å². The summed E-state index contributed by atoms with van der Waals surface area (Å²) in [6.45, 7) is 6.30. The summed E-state index contributed by atoms with van der Waals surface area (Å²) in [5.41, 5.74) is 2.08. The lowest BCUT2D eigenvalue weighted by atomic mass is 9.95. The Morgan fingerprint density at radius 3 is 2.45 bits per heavy atom. The molecule has 2 atom stereocenters. The number of amides is 4. The molecule has 0 radical (unpaired) electrons. The smallest absolute Gasteiger partial charge is 0.322 e. The number of ether oxygens (including phenoxy) is 1. The molecule has 0 bridgehead atoms. The fraction of sp³-hybridized carbons (Fsp3) is 0.303. The molecule has 2 aliphatic rings. The standard InChI is InChI=1S/C33H35FN4O4/c1-4-37-28-20-38(27(17-21(2)3)31(39)35-19-23-11-8-9-16-26(23)34)32(40)29(28)30(36-33(37)41)22-12-10-15-25(18-22)42-24-13-6-5-7-14-24/h5-16,18,21,27,30H,4,17,19-20H2,1-3H3,(H,35,39)(H,36,41). The van der Waals surface area contributed by atoms with Crippen molar-refractivity contribution in [2.24, 2.45) is 5.92 Å². The fourth-order valence-corrected chi connectivity index (χ4v) is 5.50. The SMILES string of the molecule is CCN1C(=O)NC(c2cccc(Oc3ccccc3)c2)C2=C1CN(C(CC(C)C)C(=O)NCc1ccccc1F)C2=O. The molecule has 218 valence electrons. The number of hydrogen-bond donors (Lipinski definition) is 2. The van der Waals surface area contributed by atoms with Crippen LogP contribution >= 0.6 is 0 Å². The van der Waals surface area contributed by atoms with Gasteiger partial charge in [0.15, 0.2) is 0 Å². The second-order valence-electron chi connectivity index (χ2n) is 10.9. The minimum Gasteiger partial charge on any atom is -0.457 e. The number of para-hydroxylation sites is 1. The summed E-state index contributed by atoms with van der Waals surface area (Å²) in [5, 5.41) is 5.82. The van der Waals surface area contributed by atoms with Crippen LogP contribution in [0.5, 0.6) is 11.5 Å². The van der Waals surface area contributed by atoms with E-state index in [1.54, 1.807) is 28.0 Å². The predicted molar refractivity (Wildman–Crippen MR) is 157 cm³/mol. The zero-order chi connectivity index (χ0) is 29.8. The highest BCUT2D eigenvalue weighted by Crippen LogP contribution is 2.38. The highest BCUT2D eigenvalue weighted by molar-refractivity contribution is 6.03. The molecule has 0 aliphatic carbocycles. The first-order chi connectivity index (χ1) is 20.3. The second-order valence-corrected chi connectivity index (χ2v) is 10.9. The normalized spacial score (nSPS) is 17.3. The maximum absolute atomic E-state index is 14.2. The van der Waals surface area contributed by atoms with Crippen molar-refractivity contribution in [3.8, 4) is 11.5 Å². The Labute approximate surface area is 245 Å². The van der Waals surface area contributed by atoms with Gasteiger partial charge in [-0.05, 0) is 55.2 Å². The summed E-state index contributed by atoms with van der Waals surface area (Å²) in [4.78, 5) is 44.0. The van der Waals surface area contributed by atoms with Gasteiger partial charge in [-0.15, -0.1) is 0 Å². The van der Waals surface area contributed by atoms with Gasteiger partial charge in [-0.2, -0.15) is 0 Å². The molecule has 8 nitrogen and oxygen atoms in total. The Hall–Kier alpha value is -4.66. The first kappa shape index (κ1) is 28.9. The van der Waals surface area contributed by atoms with Crippen LogP contribution in [0, 0.1) is 11.7 Å². The van der Waals surface area contributed by atoms with E-state index in [0.29, 0.717) is 46.9 Å². The van der Waals surface area contributed by atoms with Gasteiger partial charge in [-0.1, -0.05) is 62.4 Å². The highest BCUT2D eigenvalue weighted by atomic mass is 19.1. The second kappa shape index (κ2) is 12.5. The van der Waals surface area contributed by atoms with Crippen molar-refractivity contribution in [1.29, 1.82) is 0 Å². The van der Waals surface area contributed by atoms with E-state index in [4.69, 9.17) is 4.74 Å². The van der Waals surface area contributed by atoms with E-state index in [1.165, 1.54) is 6.07 Å². The summed E-state index contributed by atoms with van der Waals surface area (Å²) < 4.78 is 20.2. The van der Waals surface area contributed by atoms with Gasteiger partial charge in [-0.3, -0.25) is 14.5 Å². The Balaban J connectivity index is 1.43. The topological polar surface area (TPSA) is 91.0 Å². The molecule has 0 aromatic heterocycles. The van der Waals surface area contributed by atoms with E-state index in [2.05, 4.69) is 10.6 Å². The highest BCUT2D eigenvalue weighted by Gasteiger charge is 2.47. The average molecular weight is 571 g/mol. The predicted octanol–water partition coefficient (Wildman–Crippen LogP) is 5.53. The molecule has 2 aliphatic heterocycles. The molecule has 2 heterocycles. The van der Waals surface area contributed by atoms with Crippen molar-refractivity contribution in [3.05, 3.63) is 107 Å². The number of carbonyl (C=O) groups excluding carboxylic acids is 3. The lowest BCUT2D eigenvalue weighted by Gasteiger charge is -2.33. The van der Waals surface area contributed by atoms with E-state index in [9.17, 15) is 18.8 Å². The van der Waals surface area contributed by atoms with Crippen LogP contribution in [0.15, 0.2) is 90.1 Å². The molecule has 3 aromatic rings. The minimum atomic E-state index is -0.794. The van der Waals surface area contributed by atoms with E-state index in [0.717, 1.165) is 0 Å². The van der Waals surface area contributed by atoms with Crippen LogP contribution in [0.4, 0.5) is 9.18 Å². The number of nitrogens with zero attached hydrogens (tertiary/aromatic N) is 2. The van der Waals surface area contributed by atoms with Crippen molar-refractivity contribution in [2.45, 2.75) is 45.8 Å². The van der Waals surface area contributed by atoms with Gasteiger partial charge < -0.3 is 20.3 Å². The van der Waals surface area contributed by atoms with Crippen LogP contribution < -0.4 is 15.4 Å². The Morgan fingerprint density at radius 1 is 1.02 bits per heavy atom. The molecule has 3 aromatic carbocycles. The van der Waals surface area contributed by atoms with Gasteiger partial charge in [0.2, 0.25) is 5.91 Å². The van der Waals surface area contributed by atoms with Crippen molar-refractivity contribution in [2.75, 3.05) is 13.1 Å². The van der Waals surface area contributed by atoms with Crippen LogP contribution in [-0.2, 0) is 16.1 Å². The van der Waals surface area contributed by atoms with Crippen molar-refractivity contribution in [3.63, 3.8) is 0 Å². The van der Waals surface area contributed by atoms with E-state index in [-0.39, 0.29) is 36.9 Å². The number of nitrogens with one attached hydrogen (secondary N) is 2. The van der Waals surface area contributed by atoms with Gasteiger partial charge in [0.25, 0.3) is 5.91 Å². The summed E-state index contributed by atoms with van der Waals surface area (Å²) in [6.07, 6.45) is 0.411.